The van der Waals surface area contributed by atoms with Crippen molar-refractivity contribution in [2.24, 2.45) is 0 Å². The Labute approximate surface area is 113 Å². The number of hydrogen-bond donors (Lipinski definition) is 1. The summed E-state index contributed by atoms with van der Waals surface area (Å²) < 4.78 is 5.38. The first-order valence-corrected chi connectivity index (χ1v) is 6.53. The average Bonchev–Trinajstić information content (AvgIpc) is 2.35. The summed E-state index contributed by atoms with van der Waals surface area (Å²) in [6, 6.07) is 4.10. The summed E-state index contributed by atoms with van der Waals surface area (Å²) in [7, 11) is 1.68. The van der Waals surface area contributed by atoms with Gasteiger partial charge in [-0.25, -0.2) is 0 Å². The maximum absolute atomic E-state index is 11.2. The minimum atomic E-state index is -0.155. The molecule has 1 N–H and O–H groups in total. The number of carbonyl (C=O) groups is 1. The zero-order chi connectivity index (χ0) is 13.7. The molecule has 0 aliphatic rings. The second-order valence-corrected chi connectivity index (χ2v) is 4.85. The Kier molecular flexibility index (Phi) is 5.48. The number of nitrogens with one attached hydrogen (secondary N) is 1. The number of methoxy groups -OCH3 is 1. The van der Waals surface area contributed by atoms with E-state index in [1.807, 2.05) is 13.0 Å². The van der Waals surface area contributed by atoms with Crippen molar-refractivity contribution >= 4 is 17.5 Å². The number of aryl methyl sites for hydroxylation is 1. The molecule has 0 atom stereocenters. The van der Waals surface area contributed by atoms with Crippen molar-refractivity contribution in [3.05, 3.63) is 28.8 Å². The number of alkyl halides is 1. The highest BCUT2D eigenvalue weighted by Crippen LogP contribution is 2.29. The van der Waals surface area contributed by atoms with E-state index in [9.17, 15) is 4.79 Å². The lowest BCUT2D eigenvalue weighted by atomic mass is 9.96. The Morgan fingerprint density at radius 3 is 2.61 bits per heavy atom. The third kappa shape index (κ3) is 3.64. The summed E-state index contributed by atoms with van der Waals surface area (Å²) in [5.74, 6) is 1.11. The standard InChI is InChI=1S/C14H20ClNO2/c1-9(2)12-6-11(8-16-14(17)7-15)10(3)5-13(12)18-4/h5-6,9H,7-8H2,1-4H3,(H,16,17). The molecule has 0 aliphatic heterocycles. The molecule has 100 valence electrons. The molecule has 0 aromatic heterocycles. The first kappa shape index (κ1) is 14.8. The molecule has 0 saturated heterocycles. The Hall–Kier alpha value is -1.22. The van der Waals surface area contributed by atoms with E-state index in [2.05, 4.69) is 25.2 Å². The van der Waals surface area contributed by atoms with E-state index in [-0.39, 0.29) is 11.8 Å². The van der Waals surface area contributed by atoms with Gasteiger partial charge < -0.3 is 10.1 Å². The Morgan fingerprint density at radius 1 is 1.44 bits per heavy atom. The molecule has 0 aliphatic carbocycles. The minimum Gasteiger partial charge on any atom is -0.496 e. The highest BCUT2D eigenvalue weighted by Gasteiger charge is 2.11. The molecule has 3 nitrogen and oxygen atoms in total. The van der Waals surface area contributed by atoms with Crippen molar-refractivity contribution in [1.29, 1.82) is 0 Å². The van der Waals surface area contributed by atoms with E-state index in [1.54, 1.807) is 7.11 Å². The number of rotatable bonds is 5. The maximum atomic E-state index is 11.2. The molecular weight excluding hydrogens is 250 g/mol. The Balaban J connectivity index is 2.98. The summed E-state index contributed by atoms with van der Waals surface area (Å²) in [5.41, 5.74) is 3.35. The van der Waals surface area contributed by atoms with Crippen molar-refractivity contribution in [3.63, 3.8) is 0 Å². The first-order valence-electron chi connectivity index (χ1n) is 5.99. The number of halogens is 1. The van der Waals surface area contributed by atoms with Crippen molar-refractivity contribution < 1.29 is 9.53 Å². The number of hydrogen-bond acceptors (Lipinski definition) is 2. The predicted octanol–water partition coefficient (Wildman–Crippen LogP) is 2.98. The molecule has 0 spiro atoms. The number of carbonyl (C=O) groups excluding carboxylic acids is 1. The fourth-order valence-corrected chi connectivity index (χ4v) is 1.90. The van der Waals surface area contributed by atoms with Crippen LogP contribution in [0.25, 0.3) is 0 Å². The molecule has 0 radical (unpaired) electrons. The van der Waals surface area contributed by atoms with Crippen molar-refractivity contribution in [1.82, 2.24) is 5.32 Å². The smallest absolute Gasteiger partial charge is 0.235 e. The summed E-state index contributed by atoms with van der Waals surface area (Å²) in [5, 5.41) is 2.78. The van der Waals surface area contributed by atoms with Gasteiger partial charge in [-0.3, -0.25) is 4.79 Å². The van der Waals surface area contributed by atoms with Crippen molar-refractivity contribution in [2.75, 3.05) is 13.0 Å². The topological polar surface area (TPSA) is 38.3 Å². The predicted molar refractivity (Wildman–Crippen MR) is 74.4 cm³/mol. The van der Waals surface area contributed by atoms with Gasteiger partial charge in [-0.15, -0.1) is 11.6 Å². The van der Waals surface area contributed by atoms with E-state index in [1.165, 1.54) is 0 Å². The molecule has 1 aromatic carbocycles. The molecule has 1 aromatic rings. The van der Waals surface area contributed by atoms with Gasteiger partial charge in [0.2, 0.25) is 5.91 Å². The van der Waals surface area contributed by atoms with E-state index >= 15 is 0 Å². The van der Waals surface area contributed by atoms with Crippen LogP contribution in [-0.4, -0.2) is 18.9 Å². The van der Waals surface area contributed by atoms with E-state index in [4.69, 9.17) is 16.3 Å². The zero-order valence-corrected chi connectivity index (χ0v) is 12.1. The summed E-state index contributed by atoms with van der Waals surface area (Å²) in [6.45, 7) is 6.75. The molecule has 18 heavy (non-hydrogen) atoms. The molecular formula is C14H20ClNO2. The summed E-state index contributed by atoms with van der Waals surface area (Å²) in [6.07, 6.45) is 0. The molecule has 4 heteroatoms. The van der Waals surface area contributed by atoms with Crippen LogP contribution in [0, 0.1) is 6.92 Å². The van der Waals surface area contributed by atoms with Crippen LogP contribution in [0.4, 0.5) is 0 Å². The van der Waals surface area contributed by atoms with Crippen LogP contribution in [0.15, 0.2) is 12.1 Å². The van der Waals surface area contributed by atoms with Gasteiger partial charge in [0, 0.05) is 6.54 Å². The van der Waals surface area contributed by atoms with Gasteiger partial charge in [0.1, 0.15) is 11.6 Å². The molecule has 0 saturated carbocycles. The van der Waals surface area contributed by atoms with Crippen LogP contribution in [0.3, 0.4) is 0 Å². The molecule has 0 unspecified atom stereocenters. The second kappa shape index (κ2) is 6.64. The van der Waals surface area contributed by atoms with E-state index < -0.39 is 0 Å². The van der Waals surface area contributed by atoms with E-state index in [0.29, 0.717) is 12.5 Å². The van der Waals surface area contributed by atoms with Crippen LogP contribution >= 0.6 is 11.6 Å². The third-order valence-electron chi connectivity index (χ3n) is 2.91. The SMILES string of the molecule is COc1cc(C)c(CNC(=O)CCl)cc1C(C)C. The molecule has 0 heterocycles. The quantitative estimate of drug-likeness (QED) is 0.835. The van der Waals surface area contributed by atoms with Crippen LogP contribution in [0.5, 0.6) is 5.75 Å². The molecule has 0 fully saturated rings. The highest BCUT2D eigenvalue weighted by molar-refractivity contribution is 6.27. The van der Waals surface area contributed by atoms with Gasteiger partial charge in [-0.05, 0) is 41.7 Å². The largest absolute Gasteiger partial charge is 0.496 e. The van der Waals surface area contributed by atoms with Crippen LogP contribution in [-0.2, 0) is 11.3 Å². The highest BCUT2D eigenvalue weighted by atomic mass is 35.5. The zero-order valence-electron chi connectivity index (χ0n) is 11.3. The van der Waals surface area contributed by atoms with Crippen molar-refractivity contribution in [3.8, 4) is 5.75 Å². The summed E-state index contributed by atoms with van der Waals surface area (Å²) >= 11 is 5.46. The number of amides is 1. The van der Waals surface area contributed by atoms with Gasteiger partial charge in [0.05, 0.1) is 7.11 Å². The van der Waals surface area contributed by atoms with Gasteiger partial charge in [0.15, 0.2) is 0 Å². The molecule has 0 bridgehead atoms. The summed E-state index contributed by atoms with van der Waals surface area (Å²) in [4.78, 5) is 11.2. The lowest BCUT2D eigenvalue weighted by Gasteiger charge is -2.16. The normalized spacial score (nSPS) is 10.6. The fourth-order valence-electron chi connectivity index (χ4n) is 1.80. The molecule has 1 amide bonds. The van der Waals surface area contributed by atoms with Gasteiger partial charge >= 0.3 is 0 Å². The average molecular weight is 270 g/mol. The van der Waals surface area contributed by atoms with Gasteiger partial charge in [-0.2, -0.15) is 0 Å². The second-order valence-electron chi connectivity index (χ2n) is 4.59. The lowest BCUT2D eigenvalue weighted by molar-refractivity contribution is -0.118. The Morgan fingerprint density at radius 2 is 2.11 bits per heavy atom. The lowest BCUT2D eigenvalue weighted by Crippen LogP contribution is -2.24. The number of benzene rings is 1. The van der Waals surface area contributed by atoms with Crippen molar-refractivity contribution in [2.45, 2.75) is 33.2 Å². The van der Waals surface area contributed by atoms with Gasteiger partial charge in [0.25, 0.3) is 0 Å². The monoisotopic (exact) mass is 269 g/mol. The molecule has 1 rings (SSSR count). The fraction of sp³-hybridized carbons (Fsp3) is 0.500. The third-order valence-corrected chi connectivity index (χ3v) is 3.15. The first-order chi connectivity index (χ1) is 8.49. The minimum absolute atomic E-state index is 0.00770. The Bertz CT molecular complexity index is 430. The van der Waals surface area contributed by atoms with Crippen LogP contribution in [0.2, 0.25) is 0 Å². The number of ether oxygens (including phenoxy) is 1. The maximum Gasteiger partial charge on any atom is 0.235 e. The van der Waals surface area contributed by atoms with Crippen LogP contribution < -0.4 is 10.1 Å². The van der Waals surface area contributed by atoms with Crippen LogP contribution in [0.1, 0.15) is 36.5 Å². The van der Waals surface area contributed by atoms with E-state index in [0.717, 1.165) is 22.4 Å². The van der Waals surface area contributed by atoms with Gasteiger partial charge in [-0.1, -0.05) is 13.8 Å².